The van der Waals surface area contributed by atoms with Gasteiger partial charge in [0.25, 0.3) is 0 Å². The predicted molar refractivity (Wildman–Crippen MR) is 103 cm³/mol. The summed E-state index contributed by atoms with van der Waals surface area (Å²) < 4.78 is 56.6. The Kier molecular flexibility index (Phi) is 4.61. The van der Waals surface area contributed by atoms with Crippen molar-refractivity contribution in [2.24, 2.45) is 7.05 Å². The van der Waals surface area contributed by atoms with Gasteiger partial charge in [0, 0.05) is 42.0 Å². The van der Waals surface area contributed by atoms with Gasteiger partial charge in [-0.2, -0.15) is 0 Å². The monoisotopic (exact) mass is 402 g/mol. The Morgan fingerprint density at radius 2 is 1.62 bits per heavy atom. The molecule has 1 aliphatic heterocycles. The van der Waals surface area contributed by atoms with Crippen LogP contribution in [0.25, 0.3) is 5.57 Å². The lowest BCUT2D eigenvalue weighted by molar-refractivity contribution is -0.274. The second-order valence-electron chi connectivity index (χ2n) is 6.96. The molecular weight excluding hydrogens is 384 g/mol. The first-order valence-corrected chi connectivity index (χ1v) is 8.96. The number of halogens is 4. The molecule has 0 amide bonds. The molecule has 0 bridgehead atoms. The molecule has 2 heterocycles. The largest absolute Gasteiger partial charge is 0.573 e. The smallest absolute Gasteiger partial charge is 0.406 e. The van der Waals surface area contributed by atoms with E-state index < -0.39 is 6.36 Å². The van der Waals surface area contributed by atoms with E-state index in [1.807, 2.05) is 35.8 Å². The van der Waals surface area contributed by atoms with Crippen LogP contribution in [0, 0.1) is 12.7 Å². The van der Waals surface area contributed by atoms with Gasteiger partial charge in [-0.05, 0) is 54.4 Å². The number of hydrogen-bond donors (Lipinski definition) is 0. The third-order valence-corrected chi connectivity index (χ3v) is 4.93. The van der Waals surface area contributed by atoms with E-state index in [1.165, 1.54) is 24.3 Å². The van der Waals surface area contributed by atoms with E-state index in [4.69, 9.17) is 0 Å². The van der Waals surface area contributed by atoms with E-state index in [0.29, 0.717) is 6.54 Å². The summed E-state index contributed by atoms with van der Waals surface area (Å²) in [6.45, 7) is 2.58. The first-order chi connectivity index (χ1) is 13.7. The van der Waals surface area contributed by atoms with Crippen LogP contribution in [0.2, 0.25) is 0 Å². The maximum atomic E-state index is 13.4. The SMILES string of the molecule is Cc1cn(C)c2c1C(c1ccc(F)cc1)=CN(c1ccc(OC(F)(F)F)cc1)C2. The second-order valence-corrected chi connectivity index (χ2v) is 6.96. The quantitative estimate of drug-likeness (QED) is 0.517. The van der Waals surface area contributed by atoms with Crippen LogP contribution < -0.4 is 9.64 Å². The third kappa shape index (κ3) is 3.85. The number of nitrogens with zero attached hydrogens (tertiary/aromatic N) is 2. The zero-order valence-corrected chi connectivity index (χ0v) is 15.8. The third-order valence-electron chi connectivity index (χ3n) is 4.93. The molecule has 1 aliphatic rings. The van der Waals surface area contributed by atoms with Crippen molar-refractivity contribution in [1.82, 2.24) is 4.57 Å². The first kappa shape index (κ1) is 19.1. The number of alkyl halides is 3. The van der Waals surface area contributed by atoms with Crippen molar-refractivity contribution < 1.29 is 22.3 Å². The Morgan fingerprint density at radius 3 is 2.24 bits per heavy atom. The standard InChI is InChI=1S/C22H18F4N2O/c1-14-11-27(2)20-13-28(17-7-9-18(10-8-17)29-22(24,25)26)12-19(21(14)20)15-3-5-16(23)6-4-15/h3-12H,13H2,1-2H3. The minimum atomic E-state index is -4.72. The summed E-state index contributed by atoms with van der Waals surface area (Å²) in [7, 11) is 1.96. The van der Waals surface area contributed by atoms with Crippen LogP contribution in [0.3, 0.4) is 0 Å². The van der Waals surface area contributed by atoms with Gasteiger partial charge in [-0.1, -0.05) is 12.1 Å². The predicted octanol–water partition coefficient (Wildman–Crippen LogP) is 5.78. The normalized spacial score (nSPS) is 13.9. The molecule has 3 aromatic rings. The summed E-state index contributed by atoms with van der Waals surface area (Å²) in [4.78, 5) is 1.96. The van der Waals surface area contributed by atoms with Crippen molar-refractivity contribution in [3.63, 3.8) is 0 Å². The van der Waals surface area contributed by atoms with Crippen LogP contribution in [0.4, 0.5) is 23.2 Å². The summed E-state index contributed by atoms with van der Waals surface area (Å²) in [5.41, 5.74) is 5.78. The van der Waals surface area contributed by atoms with E-state index >= 15 is 0 Å². The van der Waals surface area contributed by atoms with Gasteiger partial charge in [0.2, 0.25) is 0 Å². The first-order valence-electron chi connectivity index (χ1n) is 8.96. The molecule has 0 saturated heterocycles. The highest BCUT2D eigenvalue weighted by Crippen LogP contribution is 2.37. The Balaban J connectivity index is 1.74. The lowest BCUT2D eigenvalue weighted by Gasteiger charge is -2.29. The van der Waals surface area contributed by atoms with Crippen molar-refractivity contribution in [2.75, 3.05) is 4.90 Å². The summed E-state index contributed by atoms with van der Waals surface area (Å²) in [6, 6.07) is 12.0. The van der Waals surface area contributed by atoms with Gasteiger partial charge in [0.05, 0.1) is 6.54 Å². The Labute approximate surface area is 165 Å². The minimum Gasteiger partial charge on any atom is -0.406 e. The van der Waals surface area contributed by atoms with Gasteiger partial charge < -0.3 is 14.2 Å². The van der Waals surface area contributed by atoms with E-state index in [0.717, 1.165) is 33.6 Å². The molecule has 0 N–H and O–H groups in total. The number of anilines is 1. The summed E-state index contributed by atoms with van der Waals surface area (Å²) in [5, 5.41) is 0. The molecule has 2 aromatic carbocycles. The van der Waals surface area contributed by atoms with Gasteiger partial charge >= 0.3 is 6.36 Å². The zero-order valence-electron chi connectivity index (χ0n) is 15.8. The molecule has 0 radical (unpaired) electrons. The summed E-state index contributed by atoms with van der Waals surface area (Å²) in [6.07, 6.45) is -0.744. The molecule has 29 heavy (non-hydrogen) atoms. The average molecular weight is 402 g/mol. The van der Waals surface area contributed by atoms with E-state index in [-0.39, 0.29) is 11.6 Å². The maximum Gasteiger partial charge on any atom is 0.573 e. The molecule has 0 atom stereocenters. The van der Waals surface area contributed by atoms with Crippen molar-refractivity contribution in [2.45, 2.75) is 19.8 Å². The minimum absolute atomic E-state index is 0.267. The van der Waals surface area contributed by atoms with Crippen LogP contribution >= 0.6 is 0 Å². The van der Waals surface area contributed by atoms with E-state index in [1.54, 1.807) is 24.3 Å². The Bertz CT molecular complexity index is 1060. The van der Waals surface area contributed by atoms with Crippen LogP contribution in [0.5, 0.6) is 5.75 Å². The highest BCUT2D eigenvalue weighted by molar-refractivity contribution is 5.86. The summed E-state index contributed by atoms with van der Waals surface area (Å²) >= 11 is 0. The van der Waals surface area contributed by atoms with Crippen LogP contribution in [0.15, 0.2) is 60.9 Å². The van der Waals surface area contributed by atoms with Crippen molar-refractivity contribution in [3.8, 4) is 5.75 Å². The molecule has 0 aliphatic carbocycles. The number of benzene rings is 2. The number of aromatic nitrogens is 1. The molecule has 0 spiro atoms. The maximum absolute atomic E-state index is 13.4. The van der Waals surface area contributed by atoms with Gasteiger partial charge in [-0.3, -0.25) is 0 Å². The van der Waals surface area contributed by atoms with E-state index in [2.05, 4.69) is 4.74 Å². The fraction of sp³-hybridized carbons (Fsp3) is 0.182. The number of rotatable bonds is 3. The topological polar surface area (TPSA) is 17.4 Å². The molecule has 0 fully saturated rings. The molecule has 150 valence electrons. The molecule has 7 heteroatoms. The molecule has 1 aromatic heterocycles. The Hall–Kier alpha value is -3.22. The molecule has 0 saturated carbocycles. The number of ether oxygens (including phenoxy) is 1. The molecule has 0 unspecified atom stereocenters. The van der Waals surface area contributed by atoms with Gasteiger partial charge in [0.1, 0.15) is 11.6 Å². The molecular formula is C22H18F4N2O. The summed E-state index contributed by atoms with van der Waals surface area (Å²) in [5.74, 6) is -0.580. The van der Waals surface area contributed by atoms with Crippen molar-refractivity contribution in [1.29, 1.82) is 0 Å². The van der Waals surface area contributed by atoms with Gasteiger partial charge in [-0.15, -0.1) is 13.2 Å². The van der Waals surface area contributed by atoms with E-state index in [9.17, 15) is 17.6 Å². The van der Waals surface area contributed by atoms with Gasteiger partial charge in [0.15, 0.2) is 0 Å². The molecule has 3 nitrogen and oxygen atoms in total. The van der Waals surface area contributed by atoms with Crippen molar-refractivity contribution in [3.05, 3.63) is 89.1 Å². The highest BCUT2D eigenvalue weighted by Gasteiger charge is 2.31. The highest BCUT2D eigenvalue weighted by atomic mass is 19.4. The van der Waals surface area contributed by atoms with Crippen LogP contribution in [-0.4, -0.2) is 10.9 Å². The van der Waals surface area contributed by atoms with Crippen molar-refractivity contribution >= 4 is 11.3 Å². The fourth-order valence-corrected chi connectivity index (χ4v) is 3.68. The second kappa shape index (κ2) is 6.99. The lowest BCUT2D eigenvalue weighted by atomic mass is 9.93. The zero-order chi connectivity index (χ0) is 20.8. The lowest BCUT2D eigenvalue weighted by Crippen LogP contribution is -2.23. The van der Waals surface area contributed by atoms with Gasteiger partial charge in [-0.25, -0.2) is 4.39 Å². The number of fused-ring (bicyclic) bond motifs is 1. The number of aryl methyl sites for hydroxylation is 2. The van der Waals surface area contributed by atoms with Crippen LogP contribution in [-0.2, 0) is 13.6 Å². The average Bonchev–Trinajstić information content (AvgIpc) is 2.95. The van der Waals surface area contributed by atoms with Crippen LogP contribution in [0.1, 0.15) is 22.4 Å². The Morgan fingerprint density at radius 1 is 0.966 bits per heavy atom. The fourth-order valence-electron chi connectivity index (χ4n) is 3.68. The molecule has 4 rings (SSSR count). The number of hydrogen-bond acceptors (Lipinski definition) is 2.